The topological polar surface area (TPSA) is 61.3 Å². The Kier molecular flexibility index (Phi) is 3.21. The van der Waals surface area contributed by atoms with Crippen LogP contribution in [0.2, 0.25) is 0 Å². The van der Waals surface area contributed by atoms with Crippen molar-refractivity contribution in [2.75, 3.05) is 0 Å². The molecular formula is C10H8BrFN2O2. The van der Waals surface area contributed by atoms with Crippen LogP contribution in [-0.4, -0.2) is 4.98 Å². The molecule has 2 N–H and O–H groups in total. The second-order valence-corrected chi connectivity index (χ2v) is 3.90. The minimum atomic E-state index is -0.498. The van der Waals surface area contributed by atoms with Crippen LogP contribution in [0.3, 0.4) is 0 Å². The predicted molar refractivity (Wildman–Crippen MR) is 58.6 cm³/mol. The highest BCUT2D eigenvalue weighted by molar-refractivity contribution is 9.10. The lowest BCUT2D eigenvalue weighted by Crippen LogP contribution is -1.96. The van der Waals surface area contributed by atoms with Crippen LogP contribution < -0.4 is 10.5 Å². The summed E-state index contributed by atoms with van der Waals surface area (Å²) in [6, 6.07) is 4.43. The van der Waals surface area contributed by atoms with Crippen LogP contribution in [0.4, 0.5) is 4.39 Å². The number of aromatic nitrogens is 1. The fourth-order valence-corrected chi connectivity index (χ4v) is 1.41. The summed E-state index contributed by atoms with van der Waals surface area (Å²) in [5.41, 5.74) is 5.90. The molecule has 4 nitrogen and oxygen atoms in total. The number of oxazole rings is 1. The third kappa shape index (κ3) is 2.40. The Morgan fingerprint density at radius 2 is 2.31 bits per heavy atom. The van der Waals surface area contributed by atoms with Crippen LogP contribution in [0.1, 0.15) is 5.69 Å². The molecule has 1 heterocycles. The Balaban J connectivity index is 2.20. The van der Waals surface area contributed by atoms with E-state index in [0.29, 0.717) is 10.2 Å². The maximum atomic E-state index is 13.4. The summed E-state index contributed by atoms with van der Waals surface area (Å²) >= 11 is 3.15. The quantitative estimate of drug-likeness (QED) is 0.943. The van der Waals surface area contributed by atoms with Crippen LogP contribution in [-0.2, 0) is 6.54 Å². The van der Waals surface area contributed by atoms with E-state index in [1.165, 1.54) is 18.4 Å². The fourth-order valence-electron chi connectivity index (χ4n) is 1.08. The van der Waals surface area contributed by atoms with Gasteiger partial charge in [-0.2, -0.15) is 4.98 Å². The third-order valence-electron chi connectivity index (χ3n) is 1.83. The van der Waals surface area contributed by atoms with Gasteiger partial charge >= 0.3 is 6.08 Å². The first-order valence-electron chi connectivity index (χ1n) is 4.46. The average Bonchev–Trinajstić information content (AvgIpc) is 2.70. The largest absolute Gasteiger partial charge is 0.417 e. The Bertz CT molecular complexity index is 501. The summed E-state index contributed by atoms with van der Waals surface area (Å²) in [5, 5.41) is 0. The Labute approximate surface area is 99.4 Å². The van der Waals surface area contributed by atoms with Gasteiger partial charge in [0.15, 0.2) is 11.6 Å². The van der Waals surface area contributed by atoms with Gasteiger partial charge in [0, 0.05) is 11.0 Å². The SMILES string of the molecule is NCc1coc(Oc2ccc(Br)cc2F)n1. The summed E-state index contributed by atoms with van der Waals surface area (Å²) in [6.07, 6.45) is 1.34. The number of hydrogen-bond donors (Lipinski definition) is 1. The Hall–Kier alpha value is -1.40. The van der Waals surface area contributed by atoms with E-state index in [1.807, 2.05) is 0 Å². The molecule has 0 amide bonds. The number of hydrogen-bond acceptors (Lipinski definition) is 4. The molecule has 1 aromatic carbocycles. The second-order valence-electron chi connectivity index (χ2n) is 2.99. The van der Waals surface area contributed by atoms with E-state index in [0.717, 1.165) is 0 Å². The lowest BCUT2D eigenvalue weighted by Gasteiger charge is -2.01. The van der Waals surface area contributed by atoms with Gasteiger partial charge < -0.3 is 14.9 Å². The minimum absolute atomic E-state index is 0.0262. The highest BCUT2D eigenvalue weighted by Crippen LogP contribution is 2.26. The molecule has 0 radical (unpaired) electrons. The van der Waals surface area contributed by atoms with Gasteiger partial charge in [0.1, 0.15) is 6.26 Å². The van der Waals surface area contributed by atoms with E-state index in [-0.39, 0.29) is 18.4 Å². The van der Waals surface area contributed by atoms with Crippen molar-refractivity contribution in [2.45, 2.75) is 6.54 Å². The second kappa shape index (κ2) is 4.63. The van der Waals surface area contributed by atoms with Crippen LogP contribution >= 0.6 is 15.9 Å². The zero-order chi connectivity index (χ0) is 11.5. The molecule has 0 aliphatic carbocycles. The van der Waals surface area contributed by atoms with Gasteiger partial charge in [-0.1, -0.05) is 15.9 Å². The molecular weight excluding hydrogens is 279 g/mol. The van der Waals surface area contributed by atoms with Gasteiger partial charge in [-0.05, 0) is 18.2 Å². The first-order valence-corrected chi connectivity index (χ1v) is 5.25. The lowest BCUT2D eigenvalue weighted by atomic mass is 10.3. The molecule has 0 bridgehead atoms. The van der Waals surface area contributed by atoms with E-state index in [9.17, 15) is 4.39 Å². The molecule has 0 saturated heterocycles. The van der Waals surface area contributed by atoms with Crippen molar-refractivity contribution in [3.05, 3.63) is 40.4 Å². The van der Waals surface area contributed by atoms with E-state index in [4.69, 9.17) is 14.9 Å². The van der Waals surface area contributed by atoms with Crippen molar-refractivity contribution < 1.29 is 13.5 Å². The molecule has 6 heteroatoms. The van der Waals surface area contributed by atoms with E-state index in [1.54, 1.807) is 6.07 Å². The first-order chi connectivity index (χ1) is 7.69. The molecule has 16 heavy (non-hydrogen) atoms. The van der Waals surface area contributed by atoms with Crippen molar-refractivity contribution in [1.29, 1.82) is 0 Å². The van der Waals surface area contributed by atoms with E-state index < -0.39 is 5.82 Å². The number of ether oxygens (including phenoxy) is 1. The van der Waals surface area contributed by atoms with Crippen molar-refractivity contribution in [2.24, 2.45) is 5.73 Å². The predicted octanol–water partition coefficient (Wildman–Crippen LogP) is 2.83. The van der Waals surface area contributed by atoms with E-state index >= 15 is 0 Å². The molecule has 0 saturated carbocycles. The molecule has 0 aliphatic rings. The van der Waals surface area contributed by atoms with Crippen LogP contribution in [0.25, 0.3) is 0 Å². The summed E-state index contributed by atoms with van der Waals surface area (Å²) in [7, 11) is 0. The third-order valence-corrected chi connectivity index (χ3v) is 2.32. The minimum Gasteiger partial charge on any atom is -0.417 e. The highest BCUT2D eigenvalue weighted by Gasteiger charge is 2.09. The maximum Gasteiger partial charge on any atom is 0.399 e. The summed E-state index contributed by atoms with van der Waals surface area (Å²) in [6.45, 7) is 0.246. The number of halogens is 2. The fraction of sp³-hybridized carbons (Fsp3) is 0.100. The van der Waals surface area contributed by atoms with Crippen molar-refractivity contribution in [3.63, 3.8) is 0 Å². The van der Waals surface area contributed by atoms with Crippen molar-refractivity contribution in [1.82, 2.24) is 4.98 Å². The standard InChI is InChI=1S/C10H8BrFN2O2/c11-6-1-2-9(8(12)3-6)16-10-14-7(4-13)5-15-10/h1-3,5H,4,13H2. The van der Waals surface area contributed by atoms with Crippen molar-refractivity contribution >= 4 is 15.9 Å². The normalized spacial score (nSPS) is 10.4. The zero-order valence-corrected chi connectivity index (χ0v) is 9.70. The van der Waals surface area contributed by atoms with Crippen molar-refractivity contribution in [3.8, 4) is 11.8 Å². The van der Waals surface area contributed by atoms with Gasteiger partial charge in [0.25, 0.3) is 0 Å². The lowest BCUT2D eigenvalue weighted by molar-refractivity contribution is 0.318. The molecule has 0 aliphatic heterocycles. The van der Waals surface area contributed by atoms with Gasteiger partial charge in [0.05, 0.1) is 5.69 Å². The molecule has 1 aromatic heterocycles. The van der Waals surface area contributed by atoms with Gasteiger partial charge in [-0.3, -0.25) is 0 Å². The van der Waals surface area contributed by atoms with Crippen LogP contribution in [0, 0.1) is 5.82 Å². The number of rotatable bonds is 3. The van der Waals surface area contributed by atoms with Gasteiger partial charge in [-0.25, -0.2) is 4.39 Å². The van der Waals surface area contributed by atoms with E-state index in [2.05, 4.69) is 20.9 Å². The molecule has 0 spiro atoms. The average molecular weight is 287 g/mol. The summed E-state index contributed by atoms with van der Waals surface area (Å²) < 4.78 is 24.1. The van der Waals surface area contributed by atoms with Crippen LogP contribution in [0.15, 0.2) is 33.4 Å². The zero-order valence-electron chi connectivity index (χ0n) is 8.11. The Morgan fingerprint density at radius 1 is 1.50 bits per heavy atom. The van der Waals surface area contributed by atoms with Crippen LogP contribution in [0.5, 0.6) is 11.8 Å². The number of nitrogens with zero attached hydrogens (tertiary/aromatic N) is 1. The molecule has 2 aromatic rings. The molecule has 0 atom stereocenters. The maximum absolute atomic E-state index is 13.4. The van der Waals surface area contributed by atoms with Gasteiger partial charge in [0.2, 0.25) is 0 Å². The summed E-state index contributed by atoms with van der Waals surface area (Å²) in [4.78, 5) is 3.90. The number of nitrogens with two attached hydrogens (primary N) is 1. The smallest absolute Gasteiger partial charge is 0.399 e. The summed E-state index contributed by atoms with van der Waals surface area (Å²) in [5.74, 6) is -0.449. The molecule has 84 valence electrons. The van der Waals surface area contributed by atoms with Gasteiger partial charge in [-0.15, -0.1) is 0 Å². The monoisotopic (exact) mass is 286 g/mol. The first kappa shape index (κ1) is 11.1. The molecule has 0 unspecified atom stereocenters. The Morgan fingerprint density at radius 3 is 2.94 bits per heavy atom. The number of benzene rings is 1. The molecule has 2 rings (SSSR count). The molecule has 0 fully saturated rings. The highest BCUT2D eigenvalue weighted by atomic mass is 79.9.